The number of carboxylic acids is 1. The van der Waals surface area contributed by atoms with Gasteiger partial charge in [0.1, 0.15) is 33.0 Å². The summed E-state index contributed by atoms with van der Waals surface area (Å²) in [6.45, 7) is 19.5. The van der Waals surface area contributed by atoms with Gasteiger partial charge in [-0.2, -0.15) is 0 Å². The molecule has 232 valence electrons. The van der Waals surface area contributed by atoms with Gasteiger partial charge in [0.2, 0.25) is 0 Å². The number of ether oxygens (including phenoxy) is 6. The molecule has 0 rings (SSSR count). The highest BCUT2D eigenvalue weighted by Crippen LogP contribution is 2.27. The van der Waals surface area contributed by atoms with Crippen molar-refractivity contribution in [2.45, 2.75) is 13.3 Å². The van der Waals surface area contributed by atoms with E-state index in [2.05, 4.69) is 39.5 Å². The van der Waals surface area contributed by atoms with Gasteiger partial charge in [0.25, 0.3) is 0 Å². The fourth-order valence-electron chi connectivity index (χ4n) is 2.58. The van der Waals surface area contributed by atoms with E-state index in [-0.39, 0.29) is 46.2 Å². The summed E-state index contributed by atoms with van der Waals surface area (Å²) in [4.78, 5) is 67.8. The maximum Gasteiger partial charge on any atom is 0.330 e. The normalized spacial score (nSPS) is 10.2. The van der Waals surface area contributed by atoms with Crippen LogP contribution in [-0.2, 0) is 57.2 Å². The first-order chi connectivity index (χ1) is 19.8. The number of esters is 5. The average Bonchev–Trinajstić information content (AvgIpc) is 3.01. The maximum absolute atomic E-state index is 11.7. The molecular formula is C29H38O13. The first kappa shape index (κ1) is 39.4. The van der Waals surface area contributed by atoms with E-state index in [1.807, 2.05) is 0 Å². The summed E-state index contributed by atoms with van der Waals surface area (Å²) in [6, 6.07) is 0. The van der Waals surface area contributed by atoms with Crippen molar-refractivity contribution < 1.29 is 62.3 Å². The van der Waals surface area contributed by atoms with Gasteiger partial charge in [-0.05, 0) is 6.42 Å². The van der Waals surface area contributed by atoms with E-state index in [1.165, 1.54) is 0 Å². The minimum Gasteiger partial charge on any atom is -0.478 e. The van der Waals surface area contributed by atoms with Crippen LogP contribution in [0.4, 0.5) is 0 Å². The molecule has 42 heavy (non-hydrogen) atoms. The molecule has 0 aromatic heterocycles. The maximum atomic E-state index is 11.7. The van der Waals surface area contributed by atoms with E-state index in [0.717, 1.165) is 36.5 Å². The SMILES string of the molecule is C=CC(=O)O.C=CC(=O)OCC(CC)(COCC(COC(=O)C=C)(COC(=O)C=C)COC(=O)C=C)COC(=O)C=C. The highest BCUT2D eigenvalue weighted by molar-refractivity contribution is 5.83. The molecule has 0 aliphatic rings. The topological polar surface area (TPSA) is 178 Å². The van der Waals surface area contributed by atoms with Gasteiger partial charge in [-0.15, -0.1) is 0 Å². The molecule has 0 bridgehead atoms. The summed E-state index contributed by atoms with van der Waals surface area (Å²) in [5, 5.41) is 7.60. The van der Waals surface area contributed by atoms with Crippen molar-refractivity contribution in [2.24, 2.45) is 10.8 Å². The van der Waals surface area contributed by atoms with Gasteiger partial charge in [-0.25, -0.2) is 28.8 Å². The molecule has 1 N–H and O–H groups in total. The summed E-state index contributed by atoms with van der Waals surface area (Å²) in [6.07, 6.45) is 5.94. The van der Waals surface area contributed by atoms with Crippen LogP contribution in [0.2, 0.25) is 0 Å². The average molecular weight is 595 g/mol. The van der Waals surface area contributed by atoms with Gasteiger partial charge in [-0.1, -0.05) is 46.4 Å². The third kappa shape index (κ3) is 17.7. The Hall–Kier alpha value is -4.78. The Morgan fingerprint density at radius 1 is 0.500 bits per heavy atom. The Kier molecular flexibility index (Phi) is 20.6. The van der Waals surface area contributed by atoms with E-state index >= 15 is 0 Å². The van der Waals surface area contributed by atoms with Crippen LogP contribution in [0.15, 0.2) is 75.9 Å². The molecule has 0 aromatic carbocycles. The fraction of sp³-hybridized carbons (Fsp3) is 0.379. The van der Waals surface area contributed by atoms with Crippen LogP contribution in [0.25, 0.3) is 0 Å². The van der Waals surface area contributed by atoms with Gasteiger partial charge >= 0.3 is 35.8 Å². The van der Waals surface area contributed by atoms with Gasteiger partial charge in [0.05, 0.1) is 24.0 Å². The van der Waals surface area contributed by atoms with Crippen molar-refractivity contribution >= 4 is 35.8 Å². The Morgan fingerprint density at radius 3 is 0.952 bits per heavy atom. The van der Waals surface area contributed by atoms with Gasteiger partial charge < -0.3 is 33.5 Å². The van der Waals surface area contributed by atoms with Crippen molar-refractivity contribution in [3.63, 3.8) is 0 Å². The smallest absolute Gasteiger partial charge is 0.330 e. The minimum absolute atomic E-state index is 0.125. The Labute approximate surface area is 244 Å². The van der Waals surface area contributed by atoms with Crippen molar-refractivity contribution in [3.05, 3.63) is 75.9 Å². The summed E-state index contributed by atoms with van der Waals surface area (Å²) in [5.41, 5.74) is -2.35. The third-order valence-corrected chi connectivity index (χ3v) is 5.18. The number of carbonyl (C=O) groups excluding carboxylic acids is 5. The van der Waals surface area contributed by atoms with Gasteiger partial charge in [0, 0.05) is 36.5 Å². The fourth-order valence-corrected chi connectivity index (χ4v) is 2.58. The lowest BCUT2D eigenvalue weighted by Gasteiger charge is -2.35. The molecule has 0 unspecified atom stereocenters. The molecule has 0 atom stereocenters. The zero-order valence-corrected chi connectivity index (χ0v) is 23.7. The second-order valence-corrected chi connectivity index (χ2v) is 8.45. The molecule has 13 heteroatoms. The molecule has 0 saturated carbocycles. The number of carboxylic acid groups (broad SMARTS) is 1. The second-order valence-electron chi connectivity index (χ2n) is 8.45. The summed E-state index contributed by atoms with van der Waals surface area (Å²) >= 11 is 0. The molecule has 13 nitrogen and oxygen atoms in total. The molecule has 0 aromatic rings. The molecular weight excluding hydrogens is 556 g/mol. The van der Waals surface area contributed by atoms with Crippen LogP contribution >= 0.6 is 0 Å². The third-order valence-electron chi connectivity index (χ3n) is 5.18. The number of aliphatic carboxylic acids is 1. The molecule has 0 fully saturated rings. The van der Waals surface area contributed by atoms with Crippen molar-refractivity contribution in [1.29, 1.82) is 0 Å². The molecule has 0 saturated heterocycles. The van der Waals surface area contributed by atoms with E-state index in [4.69, 9.17) is 33.5 Å². The summed E-state index contributed by atoms with van der Waals surface area (Å²) in [5.74, 6) is -4.68. The second kappa shape index (κ2) is 22.0. The van der Waals surface area contributed by atoms with E-state index in [0.29, 0.717) is 6.42 Å². The molecule has 0 aliphatic heterocycles. The highest BCUT2D eigenvalue weighted by Gasteiger charge is 2.39. The Morgan fingerprint density at radius 2 is 0.738 bits per heavy atom. The summed E-state index contributed by atoms with van der Waals surface area (Å²) < 4.78 is 31.7. The highest BCUT2D eigenvalue weighted by atomic mass is 16.6. The van der Waals surface area contributed by atoms with Crippen LogP contribution in [0.3, 0.4) is 0 Å². The molecule has 0 amide bonds. The van der Waals surface area contributed by atoms with Crippen molar-refractivity contribution in [2.75, 3.05) is 46.2 Å². The van der Waals surface area contributed by atoms with Crippen molar-refractivity contribution in [1.82, 2.24) is 0 Å². The number of rotatable bonds is 21. The van der Waals surface area contributed by atoms with Gasteiger partial charge in [0.15, 0.2) is 0 Å². The minimum atomic E-state index is -1.36. The first-order valence-electron chi connectivity index (χ1n) is 12.2. The van der Waals surface area contributed by atoms with Crippen LogP contribution in [0.5, 0.6) is 0 Å². The predicted octanol–water partition coefficient (Wildman–Crippen LogP) is 2.29. The molecule has 0 radical (unpaired) electrons. The van der Waals surface area contributed by atoms with Crippen molar-refractivity contribution in [3.8, 4) is 0 Å². The van der Waals surface area contributed by atoms with Crippen LogP contribution < -0.4 is 0 Å². The molecule has 0 spiro atoms. The van der Waals surface area contributed by atoms with E-state index in [1.54, 1.807) is 6.92 Å². The standard InChI is InChI=1S/C26H34O11.C3H4O2/c1-7-20(27)33-15-25(12-6,16-34-21(28)8-2)13-32-14-26(17-35-22(29)9-3,18-36-23(30)10-4)19-37-24(31)11-5;1-2-3(4)5/h7-11H,1-5,12-19H2,6H3;2H,1H2,(H,4,5). The van der Waals surface area contributed by atoms with Crippen LogP contribution in [0, 0.1) is 10.8 Å². The van der Waals surface area contributed by atoms with Gasteiger partial charge in [-0.3, -0.25) is 0 Å². The predicted molar refractivity (Wildman–Crippen MR) is 150 cm³/mol. The Bertz CT molecular complexity index is 925. The zero-order valence-electron chi connectivity index (χ0n) is 23.7. The quantitative estimate of drug-likeness (QED) is 0.116. The van der Waals surface area contributed by atoms with Crippen LogP contribution in [0.1, 0.15) is 13.3 Å². The lowest BCUT2D eigenvalue weighted by Crippen LogP contribution is -2.45. The Balaban J connectivity index is 0. The lowest BCUT2D eigenvalue weighted by atomic mass is 9.87. The largest absolute Gasteiger partial charge is 0.478 e. The monoisotopic (exact) mass is 594 g/mol. The first-order valence-corrected chi connectivity index (χ1v) is 12.2. The zero-order chi connectivity index (χ0) is 32.6. The number of carbonyl (C=O) groups is 6. The number of hydrogen-bond acceptors (Lipinski definition) is 12. The molecule has 0 heterocycles. The molecule has 0 aliphatic carbocycles. The van der Waals surface area contributed by atoms with Crippen LogP contribution in [-0.4, -0.2) is 87.2 Å². The number of hydrogen-bond donors (Lipinski definition) is 1. The summed E-state index contributed by atoms with van der Waals surface area (Å²) in [7, 11) is 0. The van der Waals surface area contributed by atoms with E-state index in [9.17, 15) is 28.8 Å². The lowest BCUT2D eigenvalue weighted by molar-refractivity contribution is -0.165. The van der Waals surface area contributed by atoms with E-state index < -0.39 is 46.6 Å².